The van der Waals surface area contributed by atoms with Crippen molar-refractivity contribution in [1.29, 1.82) is 0 Å². The Bertz CT molecular complexity index is 937. The second-order valence-corrected chi connectivity index (χ2v) is 5.05. The molecule has 3 aromatic rings. The number of methoxy groups -OCH3 is 1. The van der Waals surface area contributed by atoms with Crippen LogP contribution in [-0.4, -0.2) is 17.9 Å². The smallest absolute Gasteiger partial charge is 0.259 e. The van der Waals surface area contributed by atoms with Crippen LogP contribution in [-0.2, 0) is 0 Å². The molecule has 0 unspecified atom stereocenters. The molecule has 0 atom stereocenters. The number of fused-ring (bicyclic) bond motifs is 1. The predicted octanol–water partition coefficient (Wildman–Crippen LogP) is 3.43. The number of hydrogen-bond acceptors (Lipinski definition) is 3. The van der Waals surface area contributed by atoms with Gasteiger partial charge in [0, 0.05) is 6.20 Å². The maximum atomic E-state index is 12.4. The molecule has 0 saturated heterocycles. The Morgan fingerprint density at radius 3 is 2.57 bits per heavy atom. The van der Waals surface area contributed by atoms with Crippen LogP contribution in [0, 0.1) is 0 Å². The molecule has 3 rings (SSSR count). The van der Waals surface area contributed by atoms with Gasteiger partial charge < -0.3 is 9.72 Å². The van der Waals surface area contributed by atoms with Crippen molar-refractivity contribution >= 4 is 22.6 Å². The highest BCUT2D eigenvalue weighted by atomic mass is 16.5. The van der Waals surface area contributed by atoms with Crippen molar-refractivity contribution in [2.75, 3.05) is 7.11 Å². The summed E-state index contributed by atoms with van der Waals surface area (Å²) in [6.45, 7) is 0. The Kier molecular flexibility index (Phi) is 4.06. The van der Waals surface area contributed by atoms with E-state index in [9.17, 15) is 9.59 Å². The summed E-state index contributed by atoms with van der Waals surface area (Å²) in [5.41, 5.74) is 0.636. The summed E-state index contributed by atoms with van der Waals surface area (Å²) in [6.07, 6.45) is 4.71. The van der Waals surface area contributed by atoms with Gasteiger partial charge in [-0.1, -0.05) is 42.5 Å². The molecule has 0 fully saturated rings. The van der Waals surface area contributed by atoms with Gasteiger partial charge in [-0.3, -0.25) is 9.59 Å². The zero-order valence-corrected chi connectivity index (χ0v) is 12.6. The molecule has 114 valence electrons. The van der Waals surface area contributed by atoms with E-state index < -0.39 is 0 Å². The van der Waals surface area contributed by atoms with Crippen molar-refractivity contribution in [1.82, 2.24) is 4.98 Å². The molecular formula is C19H15NO3. The van der Waals surface area contributed by atoms with Crippen molar-refractivity contribution in [3.05, 3.63) is 82.3 Å². The van der Waals surface area contributed by atoms with Gasteiger partial charge in [-0.05, 0) is 34.5 Å². The molecule has 1 aromatic heterocycles. The minimum Gasteiger partial charge on any atom is -0.497 e. The lowest BCUT2D eigenvalue weighted by Crippen LogP contribution is -2.16. The van der Waals surface area contributed by atoms with Crippen molar-refractivity contribution in [2.24, 2.45) is 0 Å². The normalized spacial score (nSPS) is 11.0. The third-order valence-electron chi connectivity index (χ3n) is 3.61. The molecule has 0 bridgehead atoms. The standard InChI is InChI=1S/C19H15NO3/c1-23-15-9-6-13(7-10-15)8-11-17(21)18-16-5-3-2-4-14(16)12-20-19(18)22/h2-12H,1H3,(H,20,22). The number of rotatable bonds is 4. The molecule has 1 heterocycles. The van der Waals surface area contributed by atoms with Crippen molar-refractivity contribution in [2.45, 2.75) is 0 Å². The van der Waals surface area contributed by atoms with E-state index in [1.54, 1.807) is 25.4 Å². The molecule has 0 aliphatic heterocycles. The molecule has 0 aliphatic rings. The van der Waals surface area contributed by atoms with Crippen LogP contribution in [0.25, 0.3) is 16.8 Å². The van der Waals surface area contributed by atoms with Crippen LogP contribution >= 0.6 is 0 Å². The van der Waals surface area contributed by atoms with Crippen LogP contribution in [0.15, 0.2) is 65.6 Å². The number of ether oxygens (including phenoxy) is 1. The lowest BCUT2D eigenvalue weighted by atomic mass is 10.0. The summed E-state index contributed by atoms with van der Waals surface area (Å²) in [5.74, 6) is 0.429. The van der Waals surface area contributed by atoms with Crippen LogP contribution in [0.4, 0.5) is 0 Å². The molecule has 0 saturated carbocycles. The van der Waals surface area contributed by atoms with Gasteiger partial charge in [0.1, 0.15) is 5.75 Å². The maximum absolute atomic E-state index is 12.4. The van der Waals surface area contributed by atoms with E-state index in [-0.39, 0.29) is 16.9 Å². The summed E-state index contributed by atoms with van der Waals surface area (Å²) in [6, 6.07) is 14.6. The maximum Gasteiger partial charge on any atom is 0.259 e. The molecule has 4 heteroatoms. The van der Waals surface area contributed by atoms with Crippen LogP contribution in [0.3, 0.4) is 0 Å². The van der Waals surface area contributed by atoms with Gasteiger partial charge in [0.25, 0.3) is 5.56 Å². The van der Waals surface area contributed by atoms with Crippen LogP contribution in [0.1, 0.15) is 15.9 Å². The monoisotopic (exact) mass is 305 g/mol. The minimum atomic E-state index is -0.381. The number of aromatic nitrogens is 1. The molecule has 4 nitrogen and oxygen atoms in total. The number of pyridine rings is 1. The Balaban J connectivity index is 1.95. The highest BCUT2D eigenvalue weighted by Crippen LogP contribution is 2.16. The number of benzene rings is 2. The average Bonchev–Trinajstić information content (AvgIpc) is 2.60. The van der Waals surface area contributed by atoms with Crippen LogP contribution in [0.5, 0.6) is 5.75 Å². The van der Waals surface area contributed by atoms with E-state index in [4.69, 9.17) is 4.74 Å². The first-order valence-electron chi connectivity index (χ1n) is 7.16. The summed E-state index contributed by atoms with van der Waals surface area (Å²) >= 11 is 0. The number of ketones is 1. The molecule has 1 N–H and O–H groups in total. The number of allylic oxidation sites excluding steroid dienone is 1. The van der Waals surface area contributed by atoms with Gasteiger partial charge in [0.15, 0.2) is 5.78 Å². The number of nitrogens with one attached hydrogen (secondary N) is 1. The number of hydrogen-bond donors (Lipinski definition) is 1. The van der Waals surface area contributed by atoms with E-state index in [1.165, 1.54) is 6.08 Å². The first-order chi connectivity index (χ1) is 11.2. The Morgan fingerprint density at radius 1 is 1.09 bits per heavy atom. The fourth-order valence-electron chi connectivity index (χ4n) is 2.40. The van der Waals surface area contributed by atoms with Crippen LogP contribution < -0.4 is 10.3 Å². The quantitative estimate of drug-likeness (QED) is 0.593. The number of H-pyrrole nitrogens is 1. The average molecular weight is 305 g/mol. The van der Waals surface area contributed by atoms with E-state index in [0.717, 1.165) is 16.7 Å². The Labute approximate surface area is 133 Å². The molecule has 0 amide bonds. The number of aromatic amines is 1. The minimum absolute atomic E-state index is 0.160. The van der Waals surface area contributed by atoms with Gasteiger partial charge in [-0.15, -0.1) is 0 Å². The largest absolute Gasteiger partial charge is 0.497 e. The Morgan fingerprint density at radius 2 is 1.83 bits per heavy atom. The summed E-state index contributed by atoms with van der Waals surface area (Å²) in [7, 11) is 1.60. The van der Waals surface area contributed by atoms with Gasteiger partial charge in [-0.2, -0.15) is 0 Å². The molecule has 0 spiro atoms. The van der Waals surface area contributed by atoms with Gasteiger partial charge >= 0.3 is 0 Å². The fraction of sp³-hybridized carbons (Fsp3) is 0.0526. The first kappa shape index (κ1) is 14.8. The fourth-order valence-corrected chi connectivity index (χ4v) is 2.40. The van der Waals surface area contributed by atoms with Crippen molar-refractivity contribution < 1.29 is 9.53 Å². The number of carbonyl (C=O) groups is 1. The highest BCUT2D eigenvalue weighted by molar-refractivity contribution is 6.14. The van der Waals surface area contributed by atoms with E-state index >= 15 is 0 Å². The van der Waals surface area contributed by atoms with Gasteiger partial charge in [-0.25, -0.2) is 0 Å². The van der Waals surface area contributed by atoms with Crippen molar-refractivity contribution in [3.63, 3.8) is 0 Å². The highest BCUT2D eigenvalue weighted by Gasteiger charge is 2.11. The lowest BCUT2D eigenvalue weighted by molar-refractivity contribution is 0.104. The SMILES string of the molecule is COc1ccc(C=CC(=O)c2c(=O)[nH]cc3ccccc23)cc1. The molecule has 0 aliphatic carbocycles. The second-order valence-electron chi connectivity index (χ2n) is 5.05. The topological polar surface area (TPSA) is 59.2 Å². The molecular weight excluding hydrogens is 290 g/mol. The van der Waals surface area contributed by atoms with E-state index in [1.807, 2.05) is 42.5 Å². The van der Waals surface area contributed by atoms with Crippen LogP contribution in [0.2, 0.25) is 0 Å². The van der Waals surface area contributed by atoms with E-state index in [2.05, 4.69) is 4.98 Å². The molecule has 2 aromatic carbocycles. The Hall–Kier alpha value is -3.14. The zero-order valence-electron chi connectivity index (χ0n) is 12.6. The molecule has 0 radical (unpaired) electrons. The van der Waals surface area contributed by atoms with Gasteiger partial charge in [0.2, 0.25) is 0 Å². The predicted molar refractivity (Wildman–Crippen MR) is 90.9 cm³/mol. The summed E-state index contributed by atoms with van der Waals surface area (Å²) < 4.78 is 5.09. The first-order valence-corrected chi connectivity index (χ1v) is 7.16. The third-order valence-corrected chi connectivity index (χ3v) is 3.61. The van der Waals surface area contributed by atoms with Gasteiger partial charge in [0.05, 0.1) is 12.7 Å². The van der Waals surface area contributed by atoms with Crippen molar-refractivity contribution in [3.8, 4) is 5.75 Å². The molecule has 23 heavy (non-hydrogen) atoms. The lowest BCUT2D eigenvalue weighted by Gasteiger charge is -2.02. The zero-order chi connectivity index (χ0) is 16.2. The summed E-state index contributed by atoms with van der Waals surface area (Å²) in [5, 5.41) is 1.48. The summed E-state index contributed by atoms with van der Waals surface area (Å²) in [4.78, 5) is 27.1. The van der Waals surface area contributed by atoms with E-state index in [0.29, 0.717) is 5.39 Å². The second kappa shape index (κ2) is 6.32. The number of carbonyl (C=O) groups excluding carboxylic acids is 1. The third kappa shape index (κ3) is 3.06.